The fraction of sp³-hybridized carbons (Fsp3) is 0.706. The second-order valence-electron chi connectivity index (χ2n) is 6.60. The van der Waals surface area contributed by atoms with Crippen LogP contribution in [0.2, 0.25) is 0 Å². The first-order valence-electron chi connectivity index (χ1n) is 8.03. The number of anilines is 1. The van der Waals surface area contributed by atoms with Gasteiger partial charge in [-0.15, -0.1) is 0 Å². The number of aromatic nitrogens is 1. The third-order valence-corrected chi connectivity index (χ3v) is 3.79. The van der Waals surface area contributed by atoms with Crippen molar-refractivity contribution in [3.8, 4) is 0 Å². The molecule has 4 nitrogen and oxygen atoms in total. The van der Waals surface area contributed by atoms with Crippen molar-refractivity contribution in [3.05, 3.63) is 23.4 Å². The SMILES string of the molecule is Cc1nc(N2C[C@@H](C)O[C@@H](C)C2)ccc1CNCC(C)C. The summed E-state index contributed by atoms with van der Waals surface area (Å²) >= 11 is 0. The van der Waals surface area contributed by atoms with Crippen LogP contribution in [0, 0.1) is 12.8 Å². The number of hydrogen-bond donors (Lipinski definition) is 1. The number of hydrogen-bond acceptors (Lipinski definition) is 4. The molecule has 0 spiro atoms. The smallest absolute Gasteiger partial charge is 0.128 e. The maximum atomic E-state index is 5.79. The fourth-order valence-corrected chi connectivity index (χ4v) is 2.80. The first-order valence-corrected chi connectivity index (χ1v) is 8.03. The summed E-state index contributed by atoms with van der Waals surface area (Å²) in [7, 11) is 0. The number of nitrogens with one attached hydrogen (secondary N) is 1. The van der Waals surface area contributed by atoms with Gasteiger partial charge in [0.15, 0.2) is 0 Å². The molecule has 1 aliphatic rings. The number of rotatable bonds is 5. The second kappa shape index (κ2) is 7.23. The molecular formula is C17H29N3O. The topological polar surface area (TPSA) is 37.4 Å². The van der Waals surface area contributed by atoms with Gasteiger partial charge in [-0.05, 0) is 44.9 Å². The van der Waals surface area contributed by atoms with Crippen LogP contribution < -0.4 is 10.2 Å². The highest BCUT2D eigenvalue weighted by Gasteiger charge is 2.23. The van der Waals surface area contributed by atoms with E-state index in [-0.39, 0.29) is 12.2 Å². The zero-order chi connectivity index (χ0) is 15.4. The Balaban J connectivity index is 2.01. The normalized spacial score (nSPS) is 22.9. The van der Waals surface area contributed by atoms with Crippen LogP contribution in [0.4, 0.5) is 5.82 Å². The average Bonchev–Trinajstić information content (AvgIpc) is 2.39. The van der Waals surface area contributed by atoms with Crippen molar-refractivity contribution in [1.82, 2.24) is 10.3 Å². The van der Waals surface area contributed by atoms with Crippen LogP contribution in [0.3, 0.4) is 0 Å². The summed E-state index contributed by atoms with van der Waals surface area (Å²) in [5.41, 5.74) is 2.41. The Morgan fingerprint density at radius 3 is 2.52 bits per heavy atom. The minimum absolute atomic E-state index is 0.267. The fourth-order valence-electron chi connectivity index (χ4n) is 2.80. The quantitative estimate of drug-likeness (QED) is 0.905. The van der Waals surface area contributed by atoms with Crippen molar-refractivity contribution in [1.29, 1.82) is 0 Å². The molecule has 1 aromatic rings. The lowest BCUT2D eigenvalue weighted by molar-refractivity contribution is -0.00546. The van der Waals surface area contributed by atoms with E-state index in [2.05, 4.69) is 57.0 Å². The van der Waals surface area contributed by atoms with E-state index in [1.165, 1.54) is 5.56 Å². The van der Waals surface area contributed by atoms with Crippen LogP contribution in [0.1, 0.15) is 39.0 Å². The minimum atomic E-state index is 0.267. The van der Waals surface area contributed by atoms with Crippen molar-refractivity contribution in [2.24, 2.45) is 5.92 Å². The van der Waals surface area contributed by atoms with Gasteiger partial charge in [-0.1, -0.05) is 19.9 Å². The first kappa shape index (κ1) is 16.2. The summed E-state index contributed by atoms with van der Waals surface area (Å²) in [6.45, 7) is 14.6. The molecule has 2 rings (SSSR count). The summed E-state index contributed by atoms with van der Waals surface area (Å²) in [4.78, 5) is 7.12. The van der Waals surface area contributed by atoms with Crippen molar-refractivity contribution in [2.75, 3.05) is 24.5 Å². The first-order chi connectivity index (χ1) is 9.95. The van der Waals surface area contributed by atoms with Crippen LogP contribution in [0.15, 0.2) is 12.1 Å². The van der Waals surface area contributed by atoms with E-state index in [0.29, 0.717) is 5.92 Å². The Morgan fingerprint density at radius 2 is 1.95 bits per heavy atom. The second-order valence-corrected chi connectivity index (χ2v) is 6.60. The van der Waals surface area contributed by atoms with E-state index in [9.17, 15) is 0 Å². The van der Waals surface area contributed by atoms with Gasteiger partial charge in [0.1, 0.15) is 5.82 Å². The Hall–Kier alpha value is -1.13. The Kier molecular flexibility index (Phi) is 5.59. The predicted molar refractivity (Wildman–Crippen MR) is 87.7 cm³/mol. The molecule has 21 heavy (non-hydrogen) atoms. The van der Waals surface area contributed by atoms with Gasteiger partial charge in [-0.2, -0.15) is 0 Å². The molecule has 2 atom stereocenters. The number of ether oxygens (including phenoxy) is 1. The van der Waals surface area contributed by atoms with E-state index < -0.39 is 0 Å². The maximum absolute atomic E-state index is 5.79. The molecule has 0 amide bonds. The molecule has 0 bridgehead atoms. The number of pyridine rings is 1. The molecular weight excluding hydrogens is 262 g/mol. The Labute approximate surface area is 128 Å². The van der Waals surface area contributed by atoms with Gasteiger partial charge in [0.2, 0.25) is 0 Å². The maximum Gasteiger partial charge on any atom is 0.128 e. The lowest BCUT2D eigenvalue weighted by Gasteiger charge is -2.36. The Morgan fingerprint density at radius 1 is 1.29 bits per heavy atom. The van der Waals surface area contributed by atoms with Gasteiger partial charge in [-0.3, -0.25) is 0 Å². The zero-order valence-corrected chi connectivity index (χ0v) is 14.0. The molecule has 1 fully saturated rings. The van der Waals surface area contributed by atoms with Crippen LogP contribution in [0.5, 0.6) is 0 Å². The molecule has 2 heterocycles. The molecule has 1 aromatic heterocycles. The molecule has 0 unspecified atom stereocenters. The summed E-state index contributed by atoms with van der Waals surface area (Å²) < 4.78 is 5.79. The summed E-state index contributed by atoms with van der Waals surface area (Å²) in [6.07, 6.45) is 0.534. The Bertz CT molecular complexity index is 451. The third kappa shape index (κ3) is 4.68. The molecule has 0 saturated carbocycles. The van der Waals surface area contributed by atoms with Crippen molar-refractivity contribution in [3.63, 3.8) is 0 Å². The van der Waals surface area contributed by atoms with E-state index in [1.807, 2.05) is 0 Å². The van der Waals surface area contributed by atoms with Crippen LogP contribution in [-0.4, -0.2) is 36.8 Å². The molecule has 4 heteroatoms. The highest BCUT2D eigenvalue weighted by molar-refractivity contribution is 5.42. The number of morpholine rings is 1. The standard InChI is InChI=1S/C17H29N3O/c1-12(2)8-18-9-16-6-7-17(19-15(16)5)20-10-13(3)21-14(4)11-20/h6-7,12-14,18H,8-11H2,1-5H3/t13-,14+. The summed E-state index contributed by atoms with van der Waals surface area (Å²) in [5.74, 6) is 1.75. The molecule has 0 radical (unpaired) electrons. The average molecular weight is 291 g/mol. The van der Waals surface area contributed by atoms with Crippen LogP contribution >= 0.6 is 0 Å². The lowest BCUT2D eigenvalue weighted by Crippen LogP contribution is -2.45. The molecule has 1 saturated heterocycles. The van der Waals surface area contributed by atoms with E-state index in [1.54, 1.807) is 0 Å². The molecule has 1 aliphatic heterocycles. The van der Waals surface area contributed by atoms with Gasteiger partial charge in [0, 0.05) is 25.3 Å². The highest BCUT2D eigenvalue weighted by Crippen LogP contribution is 2.20. The van der Waals surface area contributed by atoms with Gasteiger partial charge in [0.25, 0.3) is 0 Å². The number of aryl methyl sites for hydroxylation is 1. The van der Waals surface area contributed by atoms with E-state index in [0.717, 1.165) is 37.7 Å². The third-order valence-electron chi connectivity index (χ3n) is 3.79. The van der Waals surface area contributed by atoms with Gasteiger partial charge < -0.3 is 15.0 Å². The van der Waals surface area contributed by atoms with Gasteiger partial charge >= 0.3 is 0 Å². The molecule has 0 aliphatic carbocycles. The number of nitrogens with zero attached hydrogens (tertiary/aromatic N) is 2. The van der Waals surface area contributed by atoms with E-state index in [4.69, 9.17) is 9.72 Å². The largest absolute Gasteiger partial charge is 0.372 e. The summed E-state index contributed by atoms with van der Waals surface area (Å²) in [5, 5.41) is 3.48. The van der Waals surface area contributed by atoms with Crippen LogP contribution in [0.25, 0.3) is 0 Å². The van der Waals surface area contributed by atoms with E-state index >= 15 is 0 Å². The van der Waals surface area contributed by atoms with Gasteiger partial charge in [-0.25, -0.2) is 4.98 Å². The summed E-state index contributed by atoms with van der Waals surface area (Å²) in [6, 6.07) is 4.35. The predicted octanol–water partition coefficient (Wildman–Crippen LogP) is 2.75. The molecule has 0 aromatic carbocycles. The highest BCUT2D eigenvalue weighted by atomic mass is 16.5. The van der Waals surface area contributed by atoms with Crippen molar-refractivity contribution in [2.45, 2.75) is 53.4 Å². The van der Waals surface area contributed by atoms with Crippen LogP contribution in [-0.2, 0) is 11.3 Å². The monoisotopic (exact) mass is 291 g/mol. The zero-order valence-electron chi connectivity index (χ0n) is 14.0. The van der Waals surface area contributed by atoms with Gasteiger partial charge in [0.05, 0.1) is 12.2 Å². The molecule has 1 N–H and O–H groups in total. The van der Waals surface area contributed by atoms with Crippen molar-refractivity contribution >= 4 is 5.82 Å². The minimum Gasteiger partial charge on any atom is -0.372 e. The van der Waals surface area contributed by atoms with Crippen molar-refractivity contribution < 1.29 is 4.74 Å². The molecule has 118 valence electrons. The lowest BCUT2D eigenvalue weighted by atomic mass is 10.1.